The average molecular weight is 550 g/mol. The van der Waals surface area contributed by atoms with Crippen LogP contribution in [0.3, 0.4) is 0 Å². The van der Waals surface area contributed by atoms with E-state index in [-0.39, 0.29) is 38.2 Å². The van der Waals surface area contributed by atoms with Crippen molar-refractivity contribution < 1.29 is 29.0 Å². The van der Waals surface area contributed by atoms with E-state index in [1.165, 1.54) is 0 Å². The Bertz CT molecular complexity index is 1370. The first-order chi connectivity index (χ1) is 19.5. The first kappa shape index (κ1) is 26.6. The molecule has 0 bridgehead atoms. The topological polar surface area (TPSA) is 127 Å². The van der Waals surface area contributed by atoms with Crippen molar-refractivity contribution >= 4 is 28.8 Å². The lowest BCUT2D eigenvalue weighted by Gasteiger charge is -2.38. The number of carbonyl (C=O) groups excluding carboxylic acids is 3. The number of para-hydroxylation sites is 1. The summed E-state index contributed by atoms with van der Waals surface area (Å²) in [5.41, 5.74) is -0.850. The number of amides is 2. The monoisotopic (exact) mass is 549 g/mol. The average Bonchev–Trinajstić information content (AvgIpc) is 3.52. The van der Waals surface area contributed by atoms with Gasteiger partial charge in [0.1, 0.15) is 35.3 Å². The molecule has 2 fully saturated rings. The van der Waals surface area contributed by atoms with E-state index in [1.54, 1.807) is 14.5 Å². The number of unbranched alkanes of at least 4 members (excludes halogenated alkanes) is 2. The molecule has 1 N–H and O–H groups in total. The second kappa shape index (κ2) is 10.4. The van der Waals surface area contributed by atoms with Crippen LogP contribution in [0.2, 0.25) is 0 Å². The van der Waals surface area contributed by atoms with E-state index < -0.39 is 35.0 Å². The molecule has 1 unspecified atom stereocenters. The lowest BCUT2D eigenvalue weighted by Crippen LogP contribution is -2.56. The van der Waals surface area contributed by atoms with Gasteiger partial charge in [-0.05, 0) is 44.2 Å². The van der Waals surface area contributed by atoms with Gasteiger partial charge < -0.3 is 24.4 Å². The highest BCUT2D eigenvalue weighted by Crippen LogP contribution is 2.58. The predicted octanol–water partition coefficient (Wildman–Crippen LogP) is 1.81. The number of hydrogen-bond acceptors (Lipinski definition) is 8. The summed E-state index contributed by atoms with van der Waals surface area (Å²) in [7, 11) is 0. The van der Waals surface area contributed by atoms with Crippen LogP contribution < -0.4 is 0 Å². The number of likely N-dealkylation sites (tertiary alicyclic amines) is 1. The van der Waals surface area contributed by atoms with Gasteiger partial charge in [-0.25, -0.2) is 4.68 Å². The Labute approximate surface area is 232 Å². The van der Waals surface area contributed by atoms with Gasteiger partial charge in [0, 0.05) is 19.7 Å². The molecule has 4 aliphatic rings. The number of aliphatic hydroxyl groups is 1. The zero-order valence-electron chi connectivity index (χ0n) is 22.6. The summed E-state index contributed by atoms with van der Waals surface area (Å²) in [5.74, 6) is -2.75. The first-order valence-corrected chi connectivity index (χ1v) is 14.2. The molecule has 0 aliphatic carbocycles. The number of ether oxygens (including phenoxy) is 2. The third kappa shape index (κ3) is 4.05. The van der Waals surface area contributed by atoms with E-state index >= 15 is 0 Å². The number of esters is 1. The van der Waals surface area contributed by atoms with Gasteiger partial charge >= 0.3 is 5.97 Å². The summed E-state index contributed by atoms with van der Waals surface area (Å²) in [5, 5.41) is 17.7. The van der Waals surface area contributed by atoms with Crippen molar-refractivity contribution in [2.24, 2.45) is 11.8 Å². The van der Waals surface area contributed by atoms with Crippen molar-refractivity contribution in [3.63, 3.8) is 0 Å². The molecule has 212 valence electrons. The Hall–Kier alpha value is -3.57. The number of rotatable bonds is 8. The molecule has 2 saturated heterocycles. The summed E-state index contributed by atoms with van der Waals surface area (Å²) in [6.07, 6.45) is 10.5. The number of fused-ring (bicyclic) bond motifs is 3. The van der Waals surface area contributed by atoms with Gasteiger partial charge in [-0.15, -0.1) is 5.10 Å². The van der Waals surface area contributed by atoms with Gasteiger partial charge in [0.15, 0.2) is 0 Å². The van der Waals surface area contributed by atoms with E-state index in [1.807, 2.05) is 55.5 Å². The van der Waals surface area contributed by atoms with Crippen molar-refractivity contribution in [2.45, 2.75) is 62.9 Å². The maximum Gasteiger partial charge on any atom is 0.313 e. The SMILES string of the molecule is CC[C@@]12C=CCCOC(=O)[C@@H]1[C@H]1C(=O)N(CCCCCO)C3C(=O)N(Cn4nnc5ccccc54)CC=C[C@@]31O2. The fourth-order valence-corrected chi connectivity index (χ4v) is 6.90. The number of carbonyl (C=O) groups is 3. The van der Waals surface area contributed by atoms with Crippen LogP contribution in [0.4, 0.5) is 0 Å². The summed E-state index contributed by atoms with van der Waals surface area (Å²) in [6.45, 7) is 2.99. The molecule has 2 amide bonds. The molecule has 5 atom stereocenters. The molecule has 11 nitrogen and oxygen atoms in total. The van der Waals surface area contributed by atoms with Gasteiger partial charge in [-0.2, -0.15) is 0 Å². The Kier molecular flexibility index (Phi) is 6.95. The molecule has 1 aromatic carbocycles. The number of aromatic nitrogens is 3. The molecule has 4 aliphatic heterocycles. The largest absolute Gasteiger partial charge is 0.465 e. The predicted molar refractivity (Wildman–Crippen MR) is 143 cm³/mol. The minimum absolute atomic E-state index is 0.0631. The normalized spacial score (nSPS) is 31.6. The van der Waals surface area contributed by atoms with Crippen molar-refractivity contribution in [3.8, 4) is 0 Å². The molecule has 5 heterocycles. The fourth-order valence-electron chi connectivity index (χ4n) is 6.90. The molecular weight excluding hydrogens is 514 g/mol. The lowest BCUT2D eigenvalue weighted by molar-refractivity contribution is -0.162. The standard InChI is InChI=1S/C29H35N5O6/c1-2-28-13-6-9-18-39-27(38)23(28)22-25(36)33(16-7-3-8-17-35)24-26(37)32(15-10-14-29(22,24)40-28)19-34-21-12-5-4-11-20(21)30-31-34/h4-6,10-14,22-24,35H,2-3,7-9,15-19H2,1H3/t22-,23-,24?,28+,29-/m0/s1. The third-order valence-electron chi connectivity index (χ3n) is 8.77. The zero-order chi connectivity index (χ0) is 27.9. The second-order valence-corrected chi connectivity index (χ2v) is 11.0. The van der Waals surface area contributed by atoms with Gasteiger partial charge in [0.25, 0.3) is 5.91 Å². The van der Waals surface area contributed by atoms with Crippen LogP contribution in [0, 0.1) is 11.8 Å². The molecule has 11 heteroatoms. The van der Waals surface area contributed by atoms with E-state index in [9.17, 15) is 19.5 Å². The van der Waals surface area contributed by atoms with E-state index in [0.717, 1.165) is 11.0 Å². The van der Waals surface area contributed by atoms with Gasteiger partial charge in [0.2, 0.25) is 5.91 Å². The molecule has 40 heavy (non-hydrogen) atoms. The van der Waals surface area contributed by atoms with Crippen LogP contribution in [-0.4, -0.2) is 91.2 Å². The highest BCUT2D eigenvalue weighted by Gasteiger charge is 2.75. The van der Waals surface area contributed by atoms with Crippen LogP contribution in [0.15, 0.2) is 48.6 Å². The Morgan fingerprint density at radius 3 is 2.73 bits per heavy atom. The quantitative estimate of drug-likeness (QED) is 0.300. The Balaban J connectivity index is 1.41. The van der Waals surface area contributed by atoms with E-state index in [2.05, 4.69) is 10.3 Å². The van der Waals surface area contributed by atoms with Crippen LogP contribution >= 0.6 is 0 Å². The summed E-state index contributed by atoms with van der Waals surface area (Å²) >= 11 is 0. The molecule has 0 saturated carbocycles. The molecule has 0 radical (unpaired) electrons. The minimum atomic E-state index is -1.32. The number of hydrogen-bond donors (Lipinski definition) is 1. The van der Waals surface area contributed by atoms with Gasteiger partial charge in [-0.1, -0.05) is 48.6 Å². The van der Waals surface area contributed by atoms with Crippen LogP contribution in [0.25, 0.3) is 11.0 Å². The van der Waals surface area contributed by atoms with E-state index in [0.29, 0.717) is 38.6 Å². The van der Waals surface area contributed by atoms with Crippen molar-refractivity contribution in [2.75, 3.05) is 26.3 Å². The highest BCUT2D eigenvalue weighted by atomic mass is 16.6. The van der Waals surface area contributed by atoms with Crippen molar-refractivity contribution in [1.29, 1.82) is 0 Å². The van der Waals surface area contributed by atoms with Gasteiger partial charge in [0.05, 0.1) is 18.0 Å². The minimum Gasteiger partial charge on any atom is -0.465 e. The number of cyclic esters (lactones) is 1. The van der Waals surface area contributed by atoms with Crippen LogP contribution in [0.5, 0.6) is 0 Å². The number of aliphatic hydroxyl groups excluding tert-OH is 1. The maximum absolute atomic E-state index is 14.5. The summed E-state index contributed by atoms with van der Waals surface area (Å²) in [6, 6.07) is 6.59. The zero-order valence-corrected chi connectivity index (χ0v) is 22.6. The van der Waals surface area contributed by atoms with E-state index in [4.69, 9.17) is 9.47 Å². The first-order valence-electron chi connectivity index (χ1n) is 14.2. The summed E-state index contributed by atoms with van der Waals surface area (Å²) < 4.78 is 14.2. The summed E-state index contributed by atoms with van der Waals surface area (Å²) in [4.78, 5) is 45.4. The van der Waals surface area contributed by atoms with Gasteiger partial charge in [-0.3, -0.25) is 14.4 Å². The molecule has 6 rings (SSSR count). The van der Waals surface area contributed by atoms with Crippen LogP contribution in [-0.2, 0) is 30.5 Å². The van der Waals surface area contributed by atoms with Crippen molar-refractivity contribution in [3.05, 3.63) is 48.6 Å². The maximum atomic E-state index is 14.5. The highest BCUT2D eigenvalue weighted by molar-refractivity contribution is 5.99. The Morgan fingerprint density at radius 1 is 1.05 bits per heavy atom. The number of nitrogens with zero attached hydrogens (tertiary/aromatic N) is 5. The lowest BCUT2D eigenvalue weighted by atomic mass is 9.73. The third-order valence-corrected chi connectivity index (χ3v) is 8.77. The Morgan fingerprint density at radius 2 is 1.90 bits per heavy atom. The smallest absolute Gasteiger partial charge is 0.313 e. The molecule has 2 aromatic rings. The van der Waals surface area contributed by atoms with Crippen molar-refractivity contribution in [1.82, 2.24) is 24.8 Å². The fraction of sp³-hybridized carbons (Fsp3) is 0.552. The van der Waals surface area contributed by atoms with Crippen LogP contribution in [0.1, 0.15) is 39.0 Å². The molecular formula is C29H35N5O6. The second-order valence-electron chi connectivity index (χ2n) is 11.0. The number of benzene rings is 1. The molecule has 1 spiro atoms. The molecule has 1 aromatic heterocycles.